The molecule has 33 heavy (non-hydrogen) atoms. The third-order valence-electron chi connectivity index (χ3n) is 5.97. The number of sulfonamides is 1. The van der Waals surface area contributed by atoms with E-state index >= 15 is 0 Å². The summed E-state index contributed by atoms with van der Waals surface area (Å²) < 4.78 is 31.6. The Bertz CT molecular complexity index is 1290. The largest absolute Gasteiger partial charge is 0.381 e. The predicted molar refractivity (Wildman–Crippen MR) is 126 cm³/mol. The number of ether oxygens (including phenoxy) is 1. The van der Waals surface area contributed by atoms with Crippen LogP contribution in [0.15, 0.2) is 30.5 Å². The van der Waals surface area contributed by atoms with Gasteiger partial charge in [-0.05, 0) is 49.9 Å². The van der Waals surface area contributed by atoms with Gasteiger partial charge < -0.3 is 20.4 Å². The van der Waals surface area contributed by atoms with Crippen molar-refractivity contribution in [3.05, 3.63) is 36.0 Å². The zero-order valence-corrected chi connectivity index (χ0v) is 18.9. The van der Waals surface area contributed by atoms with Crippen LogP contribution in [0.25, 0.3) is 11.0 Å². The Labute approximate surface area is 192 Å². The summed E-state index contributed by atoms with van der Waals surface area (Å²) in [7, 11) is -3.25. The lowest BCUT2D eigenvalue weighted by molar-refractivity contribution is 0.0904. The smallest absolute Gasteiger partial charge is 0.235 e. The lowest BCUT2D eigenvalue weighted by Crippen LogP contribution is -2.37. The molecule has 0 unspecified atom stereocenters. The molecular weight excluding hydrogens is 442 g/mol. The molecule has 2 aliphatic heterocycles. The van der Waals surface area contributed by atoms with Gasteiger partial charge >= 0.3 is 0 Å². The van der Waals surface area contributed by atoms with Crippen LogP contribution in [0, 0.1) is 11.3 Å². The molecule has 2 fully saturated rings. The summed E-state index contributed by atoms with van der Waals surface area (Å²) in [4.78, 5) is 12.2. The van der Waals surface area contributed by atoms with E-state index in [4.69, 9.17) is 4.74 Å². The highest BCUT2D eigenvalue weighted by Crippen LogP contribution is 2.29. The zero-order chi connectivity index (χ0) is 22.8. The number of anilines is 4. The van der Waals surface area contributed by atoms with Gasteiger partial charge in [-0.2, -0.15) is 15.2 Å². The maximum atomic E-state index is 12.4. The van der Waals surface area contributed by atoms with Crippen molar-refractivity contribution in [3.8, 4) is 6.07 Å². The van der Waals surface area contributed by atoms with E-state index in [1.165, 1.54) is 4.31 Å². The molecule has 2 aromatic heterocycles. The number of nitrogens with zero attached hydrogens (tertiary/aromatic N) is 4. The maximum absolute atomic E-state index is 12.4. The van der Waals surface area contributed by atoms with Crippen LogP contribution in [-0.4, -0.2) is 54.9 Å². The van der Waals surface area contributed by atoms with Crippen molar-refractivity contribution in [2.45, 2.75) is 31.7 Å². The first-order valence-corrected chi connectivity index (χ1v) is 12.7. The second kappa shape index (κ2) is 8.88. The Morgan fingerprint density at radius 1 is 1.15 bits per heavy atom. The normalized spacial score (nSPS) is 18.7. The van der Waals surface area contributed by atoms with Crippen LogP contribution in [0.2, 0.25) is 0 Å². The number of hydrogen-bond donors (Lipinski definition) is 3. The molecule has 10 nitrogen and oxygen atoms in total. The van der Waals surface area contributed by atoms with Crippen LogP contribution in [0.3, 0.4) is 0 Å². The van der Waals surface area contributed by atoms with Gasteiger partial charge in [0, 0.05) is 37.7 Å². The van der Waals surface area contributed by atoms with Crippen LogP contribution in [0.4, 0.5) is 23.1 Å². The van der Waals surface area contributed by atoms with E-state index in [1.807, 2.05) is 12.1 Å². The summed E-state index contributed by atoms with van der Waals surface area (Å²) in [5, 5.41) is 16.8. The first kappa shape index (κ1) is 21.5. The Hall–Kier alpha value is -3.36. The molecule has 0 saturated carbocycles. The molecular formula is C22H25N7O3S. The van der Waals surface area contributed by atoms with Crippen molar-refractivity contribution < 1.29 is 13.2 Å². The number of hydrogen-bond acceptors (Lipinski definition) is 8. The summed E-state index contributed by atoms with van der Waals surface area (Å²) in [6, 6.07) is 9.59. The molecule has 5 rings (SSSR count). The monoisotopic (exact) mass is 467 g/mol. The van der Waals surface area contributed by atoms with Crippen LogP contribution >= 0.6 is 0 Å². The first-order valence-electron chi connectivity index (χ1n) is 11.0. The second-order valence-electron chi connectivity index (χ2n) is 8.23. The fourth-order valence-corrected chi connectivity index (χ4v) is 5.88. The van der Waals surface area contributed by atoms with Crippen molar-refractivity contribution in [3.63, 3.8) is 0 Å². The average molecular weight is 468 g/mol. The summed E-state index contributed by atoms with van der Waals surface area (Å²) in [6.07, 6.45) is 4.92. The number of H-pyrrole nitrogens is 1. The zero-order valence-electron chi connectivity index (χ0n) is 18.0. The van der Waals surface area contributed by atoms with Gasteiger partial charge in [0.1, 0.15) is 17.5 Å². The van der Waals surface area contributed by atoms with E-state index in [0.717, 1.165) is 24.9 Å². The number of nitriles is 1. The number of rotatable bonds is 5. The van der Waals surface area contributed by atoms with E-state index < -0.39 is 10.0 Å². The van der Waals surface area contributed by atoms with Gasteiger partial charge in [0.15, 0.2) is 0 Å². The molecule has 1 aromatic carbocycles. The van der Waals surface area contributed by atoms with Crippen LogP contribution < -0.4 is 14.9 Å². The third-order valence-corrected chi connectivity index (χ3v) is 7.84. The molecule has 0 amide bonds. The molecule has 11 heteroatoms. The van der Waals surface area contributed by atoms with Crippen molar-refractivity contribution in [1.82, 2.24) is 15.0 Å². The minimum absolute atomic E-state index is 0.185. The van der Waals surface area contributed by atoms with E-state index in [0.29, 0.717) is 60.2 Å². The molecule has 0 atom stereocenters. The van der Waals surface area contributed by atoms with Crippen LogP contribution in [-0.2, 0) is 14.8 Å². The minimum atomic E-state index is -3.25. The van der Waals surface area contributed by atoms with E-state index in [1.54, 1.807) is 18.3 Å². The van der Waals surface area contributed by atoms with E-state index in [9.17, 15) is 13.7 Å². The highest BCUT2D eigenvalue weighted by atomic mass is 32.2. The fraction of sp³-hybridized carbons (Fsp3) is 0.409. The van der Waals surface area contributed by atoms with Gasteiger partial charge in [-0.1, -0.05) is 0 Å². The Morgan fingerprint density at radius 3 is 2.67 bits per heavy atom. The molecule has 2 aliphatic rings. The second-order valence-corrected chi connectivity index (χ2v) is 10.2. The van der Waals surface area contributed by atoms with Gasteiger partial charge in [-0.15, -0.1) is 0 Å². The number of nitrogens with one attached hydrogen (secondary N) is 3. The summed E-state index contributed by atoms with van der Waals surface area (Å²) >= 11 is 0. The van der Waals surface area contributed by atoms with Gasteiger partial charge in [-0.25, -0.2) is 8.42 Å². The van der Waals surface area contributed by atoms with Gasteiger partial charge in [0.2, 0.25) is 16.0 Å². The van der Waals surface area contributed by atoms with Gasteiger partial charge in [0.25, 0.3) is 0 Å². The van der Waals surface area contributed by atoms with Gasteiger partial charge in [0.05, 0.1) is 22.4 Å². The van der Waals surface area contributed by atoms with E-state index in [2.05, 4.69) is 31.7 Å². The Kier molecular flexibility index (Phi) is 5.78. The Balaban J connectivity index is 1.41. The topological polar surface area (TPSA) is 136 Å². The molecule has 172 valence electrons. The quantitative estimate of drug-likeness (QED) is 0.521. The van der Waals surface area contributed by atoms with Crippen molar-refractivity contribution in [2.75, 3.05) is 40.5 Å². The van der Waals surface area contributed by atoms with Gasteiger partial charge in [-0.3, -0.25) is 4.31 Å². The molecule has 0 aliphatic carbocycles. The number of benzene rings is 1. The first-order chi connectivity index (χ1) is 16.0. The van der Waals surface area contributed by atoms with Crippen molar-refractivity contribution in [1.29, 1.82) is 5.26 Å². The summed E-state index contributed by atoms with van der Waals surface area (Å²) in [5.74, 6) is 1.16. The number of aromatic nitrogens is 3. The van der Waals surface area contributed by atoms with Crippen molar-refractivity contribution in [2.24, 2.45) is 0 Å². The molecule has 0 bridgehead atoms. The minimum Gasteiger partial charge on any atom is -0.381 e. The molecule has 2 saturated heterocycles. The van der Waals surface area contributed by atoms with Crippen LogP contribution in [0.1, 0.15) is 31.2 Å². The lowest BCUT2D eigenvalue weighted by Gasteiger charge is -2.28. The third kappa shape index (κ3) is 4.44. The molecule has 0 radical (unpaired) electrons. The maximum Gasteiger partial charge on any atom is 0.235 e. The molecule has 0 spiro atoms. The fourth-order valence-electron chi connectivity index (χ4n) is 4.24. The van der Waals surface area contributed by atoms with Crippen molar-refractivity contribution >= 4 is 44.2 Å². The standard InChI is InChI=1S/C22H25N7O3S/c23-13-15-14-24-20-19(15)21(25-17-7-10-32-11-8-17)28-22(27-20)26-16-3-5-18(6-4-16)29-9-1-2-12-33(29,30)31/h3-6,14,17H,1-2,7-12H2,(H3,24,25,26,27,28). The lowest BCUT2D eigenvalue weighted by atomic mass is 10.1. The van der Waals surface area contributed by atoms with E-state index in [-0.39, 0.29) is 11.8 Å². The summed E-state index contributed by atoms with van der Waals surface area (Å²) in [5.41, 5.74) is 2.44. The van der Waals surface area contributed by atoms with Crippen LogP contribution in [0.5, 0.6) is 0 Å². The Morgan fingerprint density at radius 2 is 1.94 bits per heavy atom. The molecule has 4 heterocycles. The number of aromatic amines is 1. The highest BCUT2D eigenvalue weighted by Gasteiger charge is 2.26. The average Bonchev–Trinajstić information content (AvgIpc) is 3.24. The summed E-state index contributed by atoms with van der Waals surface area (Å²) in [6.45, 7) is 1.88. The predicted octanol–water partition coefficient (Wildman–Crippen LogP) is 3.09. The highest BCUT2D eigenvalue weighted by molar-refractivity contribution is 7.92. The molecule has 3 aromatic rings. The molecule has 3 N–H and O–H groups in total. The SMILES string of the molecule is N#Cc1c[nH]c2nc(Nc3ccc(N4CCCCS4(=O)=O)cc3)nc(NC3CCOCC3)c12. The number of fused-ring (bicyclic) bond motifs is 1.